The average molecular weight is 1080 g/mol. The molecule has 0 rings (SSSR count). The van der Waals surface area contributed by atoms with Crippen molar-refractivity contribution in [2.75, 3.05) is 26.2 Å². The Kier molecular flexibility index (Phi) is 70.2. The summed E-state index contributed by atoms with van der Waals surface area (Å²) >= 11 is 0. The van der Waals surface area contributed by atoms with Crippen LogP contribution in [0.2, 0.25) is 0 Å². The second-order valence-corrected chi connectivity index (χ2v) is 26.9. The van der Waals surface area contributed by atoms with Crippen LogP contribution in [-0.4, -0.2) is 30.7 Å². The van der Waals surface area contributed by atoms with Gasteiger partial charge in [-0.2, -0.15) is 0 Å². The van der Waals surface area contributed by atoms with Crippen LogP contribution in [-0.2, 0) is 0 Å². The maximum Gasteiger partial charge on any atom is 0.0786 e. The molecule has 1 heteroatoms. The van der Waals surface area contributed by atoms with Crippen LogP contribution in [0, 0.1) is 0 Å². The maximum atomic E-state index is 2.33. The molecule has 0 aliphatic heterocycles. The first-order valence-corrected chi connectivity index (χ1v) is 38.1. The molecule has 0 aliphatic carbocycles. The molecular weight excluding hydrogens is 927 g/mol. The largest absolute Gasteiger partial charge is 0.324 e. The number of quaternary nitrogens is 1. The molecule has 0 N–H and O–H groups in total. The number of hydrogen-bond donors (Lipinski definition) is 0. The lowest BCUT2D eigenvalue weighted by atomic mass is 10.0. The van der Waals surface area contributed by atoms with E-state index in [0.29, 0.717) is 0 Å². The van der Waals surface area contributed by atoms with Crippen molar-refractivity contribution in [2.45, 2.75) is 464 Å². The highest BCUT2D eigenvalue weighted by Crippen LogP contribution is 2.23. The van der Waals surface area contributed by atoms with Gasteiger partial charge in [-0.15, -0.1) is 0 Å². The Morgan fingerprint density at radius 1 is 0.104 bits per heavy atom. The number of hydrogen-bond acceptors (Lipinski definition) is 0. The molecular formula is C76H156N+. The lowest BCUT2D eigenvalue weighted by Crippen LogP contribution is -2.50. The Labute approximate surface area is 492 Å². The third kappa shape index (κ3) is 65.0. The van der Waals surface area contributed by atoms with Crippen LogP contribution in [0.4, 0.5) is 0 Å². The van der Waals surface area contributed by atoms with Crippen LogP contribution < -0.4 is 0 Å². The molecule has 0 amide bonds. The molecule has 0 aromatic carbocycles. The topological polar surface area (TPSA) is 0 Å². The van der Waals surface area contributed by atoms with Gasteiger partial charge in [0.05, 0.1) is 26.2 Å². The van der Waals surface area contributed by atoms with Gasteiger partial charge in [-0.25, -0.2) is 0 Å². The van der Waals surface area contributed by atoms with Crippen LogP contribution in [0.25, 0.3) is 0 Å². The Hall–Kier alpha value is -0.0400. The van der Waals surface area contributed by atoms with Gasteiger partial charge in [0.25, 0.3) is 0 Å². The van der Waals surface area contributed by atoms with Gasteiger partial charge >= 0.3 is 0 Å². The minimum absolute atomic E-state index is 1.37. The molecule has 0 spiro atoms. The normalized spacial score (nSPS) is 12.0. The molecule has 0 atom stereocenters. The van der Waals surface area contributed by atoms with Crippen molar-refractivity contribution in [3.63, 3.8) is 0 Å². The van der Waals surface area contributed by atoms with E-state index in [1.54, 1.807) is 0 Å². The summed E-state index contributed by atoms with van der Waals surface area (Å²) in [5.41, 5.74) is 0. The Balaban J connectivity index is 4.97. The van der Waals surface area contributed by atoms with Crippen LogP contribution in [0.3, 0.4) is 0 Å². The highest BCUT2D eigenvalue weighted by Gasteiger charge is 2.26. The number of unbranched alkanes of at least 4 members (excludes halogenated alkanes) is 64. The van der Waals surface area contributed by atoms with E-state index in [2.05, 4.69) is 27.7 Å². The van der Waals surface area contributed by atoms with E-state index < -0.39 is 0 Å². The van der Waals surface area contributed by atoms with Gasteiger partial charge < -0.3 is 4.48 Å². The highest BCUT2D eigenvalue weighted by atomic mass is 15.3. The van der Waals surface area contributed by atoms with Gasteiger partial charge in [-0.05, 0) is 51.4 Å². The first-order valence-electron chi connectivity index (χ1n) is 38.1. The molecule has 77 heavy (non-hydrogen) atoms. The average Bonchev–Trinajstić information content (AvgIpc) is 3.44. The van der Waals surface area contributed by atoms with E-state index in [1.807, 2.05) is 0 Å². The lowest BCUT2D eigenvalue weighted by molar-refractivity contribution is -0.929. The molecule has 0 heterocycles. The van der Waals surface area contributed by atoms with E-state index in [9.17, 15) is 0 Å². The minimum Gasteiger partial charge on any atom is -0.324 e. The monoisotopic (exact) mass is 1080 g/mol. The van der Waals surface area contributed by atoms with Crippen molar-refractivity contribution in [1.29, 1.82) is 0 Å². The smallest absolute Gasteiger partial charge is 0.0786 e. The van der Waals surface area contributed by atoms with Gasteiger partial charge in [-0.3, -0.25) is 0 Å². The van der Waals surface area contributed by atoms with Crippen LogP contribution >= 0.6 is 0 Å². The van der Waals surface area contributed by atoms with Crippen molar-refractivity contribution in [3.05, 3.63) is 0 Å². The summed E-state index contributed by atoms with van der Waals surface area (Å²) in [6.45, 7) is 15.3. The van der Waals surface area contributed by atoms with E-state index in [-0.39, 0.29) is 0 Å². The molecule has 0 aromatic heterocycles. The standard InChI is InChI=1S/C76H156N/c1-5-9-13-17-21-25-29-33-37-41-45-49-53-57-61-65-69-73-77(74-70-66-62-58-54-50-46-42-38-34-30-26-22-18-14-10-6-2,75-71-67-63-59-55-51-47-43-39-35-31-27-23-19-15-11-7-3)76-72-68-64-60-56-52-48-44-40-36-32-28-24-20-16-12-8-4/h5-76H2,1-4H3/q+1. The van der Waals surface area contributed by atoms with Crippen molar-refractivity contribution in [1.82, 2.24) is 0 Å². The molecule has 0 radical (unpaired) electrons. The minimum atomic E-state index is 1.37. The van der Waals surface area contributed by atoms with Crippen LogP contribution in [0.1, 0.15) is 464 Å². The van der Waals surface area contributed by atoms with E-state index in [4.69, 9.17) is 0 Å². The molecule has 0 aliphatic rings. The third-order valence-corrected chi connectivity index (χ3v) is 18.9. The van der Waals surface area contributed by atoms with Gasteiger partial charge in [0, 0.05) is 0 Å². The fourth-order valence-electron chi connectivity index (χ4n) is 13.4. The van der Waals surface area contributed by atoms with Crippen molar-refractivity contribution in [3.8, 4) is 0 Å². The predicted molar refractivity (Wildman–Crippen MR) is 356 cm³/mol. The van der Waals surface area contributed by atoms with Gasteiger partial charge in [0.2, 0.25) is 0 Å². The molecule has 0 saturated carbocycles. The lowest BCUT2D eigenvalue weighted by Gasteiger charge is -2.40. The third-order valence-electron chi connectivity index (χ3n) is 18.9. The van der Waals surface area contributed by atoms with Gasteiger partial charge in [0.15, 0.2) is 0 Å². The molecule has 464 valence electrons. The Morgan fingerprint density at radius 2 is 0.182 bits per heavy atom. The second kappa shape index (κ2) is 70.2. The first-order chi connectivity index (χ1) is 38.2. The zero-order chi connectivity index (χ0) is 55.4. The number of nitrogens with zero attached hydrogens (tertiary/aromatic N) is 1. The summed E-state index contributed by atoms with van der Waals surface area (Å²) in [5, 5.41) is 0. The zero-order valence-electron chi connectivity index (χ0n) is 55.4. The summed E-state index contributed by atoms with van der Waals surface area (Å²) in [6, 6.07) is 0. The van der Waals surface area contributed by atoms with Gasteiger partial charge in [0.1, 0.15) is 0 Å². The Morgan fingerprint density at radius 3 is 0.273 bits per heavy atom. The van der Waals surface area contributed by atoms with Crippen LogP contribution in [0.5, 0.6) is 0 Å². The van der Waals surface area contributed by atoms with Crippen molar-refractivity contribution < 1.29 is 4.48 Å². The molecule has 0 saturated heterocycles. The van der Waals surface area contributed by atoms with E-state index >= 15 is 0 Å². The molecule has 0 bridgehead atoms. The highest BCUT2D eigenvalue weighted by molar-refractivity contribution is 4.58. The first kappa shape index (κ1) is 77.0. The van der Waals surface area contributed by atoms with E-state index in [0.717, 1.165) is 0 Å². The summed E-state index contributed by atoms with van der Waals surface area (Å²) in [7, 11) is 0. The van der Waals surface area contributed by atoms with Crippen molar-refractivity contribution in [2.24, 2.45) is 0 Å². The van der Waals surface area contributed by atoms with Crippen LogP contribution in [0.15, 0.2) is 0 Å². The predicted octanol–water partition coefficient (Wildman–Crippen LogP) is 28.4. The summed E-state index contributed by atoms with van der Waals surface area (Å²) in [5.74, 6) is 0. The summed E-state index contributed by atoms with van der Waals surface area (Å²) < 4.78 is 1.50. The molecule has 1 nitrogen and oxygen atoms in total. The maximum absolute atomic E-state index is 2.33. The zero-order valence-corrected chi connectivity index (χ0v) is 55.4. The summed E-state index contributed by atoms with van der Waals surface area (Å²) in [6.07, 6.45) is 101. The molecule has 0 unspecified atom stereocenters. The van der Waals surface area contributed by atoms with Gasteiger partial charge in [-0.1, -0.05) is 413 Å². The Bertz CT molecular complexity index is 829. The molecule has 0 fully saturated rings. The fourth-order valence-corrected chi connectivity index (χ4v) is 13.4. The fraction of sp³-hybridized carbons (Fsp3) is 1.00. The second-order valence-electron chi connectivity index (χ2n) is 26.9. The molecule has 0 aromatic rings. The van der Waals surface area contributed by atoms with Crippen molar-refractivity contribution >= 4 is 0 Å². The quantitative estimate of drug-likeness (QED) is 0.0421. The SMILES string of the molecule is CCCCCCCCCCCCCCCCCCC[N+](CCCCCCCCCCCCCCCCCCC)(CCCCCCCCCCCCCCCCCCC)CCCCCCCCCCCCCCCCCCC. The summed E-state index contributed by atoms with van der Waals surface area (Å²) in [4.78, 5) is 0. The number of rotatable bonds is 72. The van der Waals surface area contributed by atoms with E-state index in [1.165, 1.54) is 467 Å².